The molecule has 1 amide bonds. The zero-order valence-corrected chi connectivity index (χ0v) is 16.5. The zero-order valence-electron chi connectivity index (χ0n) is 14.9. The lowest BCUT2D eigenvalue weighted by atomic mass is 9.97. The van der Waals surface area contributed by atoms with Gasteiger partial charge < -0.3 is 4.90 Å². The third-order valence-corrected chi connectivity index (χ3v) is 6.60. The number of sulfonamides is 1. The van der Waals surface area contributed by atoms with Crippen LogP contribution >= 0.6 is 11.8 Å². The molecule has 0 bridgehead atoms. The Kier molecular flexibility index (Phi) is 7.71. The van der Waals surface area contributed by atoms with E-state index in [2.05, 4.69) is 9.71 Å². The number of hydrogen-bond acceptors (Lipinski definition) is 5. The minimum absolute atomic E-state index is 0.0134. The lowest BCUT2D eigenvalue weighted by molar-refractivity contribution is 0.0687. The van der Waals surface area contributed by atoms with Crippen LogP contribution < -0.4 is 4.72 Å². The Bertz CT molecular complexity index is 671. The van der Waals surface area contributed by atoms with E-state index < -0.39 is 10.0 Å². The number of carbonyl (C=O) groups is 1. The molecule has 2 rings (SSSR count). The largest absolute Gasteiger partial charge is 0.339 e. The van der Waals surface area contributed by atoms with Gasteiger partial charge in [0.05, 0.1) is 11.3 Å². The van der Waals surface area contributed by atoms with Gasteiger partial charge in [0, 0.05) is 25.8 Å². The molecule has 1 aromatic rings. The molecule has 1 aliphatic rings. The van der Waals surface area contributed by atoms with Gasteiger partial charge in [0.1, 0.15) is 5.03 Å². The van der Waals surface area contributed by atoms with Crippen molar-refractivity contribution >= 4 is 27.7 Å². The normalized spacial score (nSPS) is 16.2. The molecule has 1 aliphatic heterocycles. The highest BCUT2D eigenvalue weighted by Crippen LogP contribution is 2.22. The number of pyridine rings is 1. The van der Waals surface area contributed by atoms with E-state index >= 15 is 0 Å². The first-order valence-corrected chi connectivity index (χ1v) is 11.6. The van der Waals surface area contributed by atoms with Crippen molar-refractivity contribution in [3.8, 4) is 0 Å². The molecule has 0 unspecified atom stereocenters. The molecule has 0 aliphatic carbocycles. The summed E-state index contributed by atoms with van der Waals surface area (Å²) < 4.78 is 26.5. The summed E-state index contributed by atoms with van der Waals surface area (Å²) in [6.07, 6.45) is 6.79. The van der Waals surface area contributed by atoms with Gasteiger partial charge in [-0.2, -0.15) is 0 Å². The first-order chi connectivity index (χ1) is 12.0. The maximum Gasteiger partial charge on any atom is 0.256 e. The van der Waals surface area contributed by atoms with E-state index in [9.17, 15) is 13.2 Å². The highest BCUT2D eigenvalue weighted by Gasteiger charge is 2.26. The first-order valence-electron chi connectivity index (χ1n) is 8.72. The Hall–Kier alpha value is -1.12. The monoisotopic (exact) mass is 385 g/mol. The van der Waals surface area contributed by atoms with Crippen molar-refractivity contribution in [2.45, 2.75) is 37.6 Å². The van der Waals surface area contributed by atoms with Crippen molar-refractivity contribution in [2.75, 3.05) is 31.6 Å². The van der Waals surface area contributed by atoms with E-state index in [1.54, 1.807) is 12.3 Å². The number of amides is 1. The maximum absolute atomic E-state index is 12.7. The standard InChI is InChI=1S/C17H27N3O3S2/c1-3-4-12-25(22,23)19-13-14-7-10-20(11-8-14)17(21)15-6-5-9-18-16(15)24-2/h5-6,9,14,19H,3-4,7-8,10-13H2,1-2H3. The zero-order chi connectivity index (χ0) is 18.3. The minimum atomic E-state index is -3.17. The highest BCUT2D eigenvalue weighted by molar-refractivity contribution is 7.98. The van der Waals surface area contributed by atoms with Crippen molar-refractivity contribution in [1.82, 2.24) is 14.6 Å². The first kappa shape index (κ1) is 20.2. The van der Waals surface area contributed by atoms with E-state index in [1.807, 2.05) is 24.1 Å². The van der Waals surface area contributed by atoms with Crippen LogP contribution in [0.4, 0.5) is 0 Å². The molecule has 1 saturated heterocycles. The summed E-state index contributed by atoms with van der Waals surface area (Å²) in [6.45, 7) is 3.76. The van der Waals surface area contributed by atoms with Crippen molar-refractivity contribution in [3.05, 3.63) is 23.9 Å². The quantitative estimate of drug-likeness (QED) is 0.695. The van der Waals surface area contributed by atoms with Gasteiger partial charge in [0.2, 0.25) is 10.0 Å². The Morgan fingerprint density at radius 2 is 2.12 bits per heavy atom. The van der Waals surface area contributed by atoms with Gasteiger partial charge in [0.25, 0.3) is 5.91 Å². The van der Waals surface area contributed by atoms with E-state index in [-0.39, 0.29) is 17.6 Å². The van der Waals surface area contributed by atoms with Crippen LogP contribution in [0.2, 0.25) is 0 Å². The van der Waals surface area contributed by atoms with E-state index in [0.717, 1.165) is 24.3 Å². The lowest BCUT2D eigenvalue weighted by Gasteiger charge is -2.32. The Morgan fingerprint density at radius 1 is 1.40 bits per heavy atom. The van der Waals surface area contributed by atoms with E-state index in [1.165, 1.54) is 11.8 Å². The average molecular weight is 386 g/mol. The summed E-state index contributed by atoms with van der Waals surface area (Å²) >= 11 is 1.47. The van der Waals surface area contributed by atoms with Gasteiger partial charge in [-0.3, -0.25) is 4.79 Å². The van der Waals surface area contributed by atoms with Crippen LogP contribution in [0.5, 0.6) is 0 Å². The second kappa shape index (κ2) is 9.54. The molecule has 1 N–H and O–H groups in total. The smallest absolute Gasteiger partial charge is 0.256 e. The van der Waals surface area contributed by atoms with Crippen LogP contribution in [0.15, 0.2) is 23.4 Å². The number of thioether (sulfide) groups is 1. The molecule has 0 saturated carbocycles. The fourth-order valence-electron chi connectivity index (χ4n) is 2.88. The highest BCUT2D eigenvalue weighted by atomic mass is 32.2. The van der Waals surface area contributed by atoms with Crippen LogP contribution in [0.3, 0.4) is 0 Å². The number of unbranched alkanes of at least 4 members (excludes halogenated alkanes) is 1. The Labute approximate surface area is 154 Å². The molecule has 0 atom stereocenters. The van der Waals surface area contributed by atoms with Gasteiger partial charge in [-0.05, 0) is 43.6 Å². The third kappa shape index (κ3) is 5.97. The maximum atomic E-state index is 12.7. The molecule has 25 heavy (non-hydrogen) atoms. The SMILES string of the molecule is CCCCS(=O)(=O)NCC1CCN(C(=O)c2cccnc2SC)CC1. The fourth-order valence-corrected chi connectivity index (χ4v) is 4.72. The summed E-state index contributed by atoms with van der Waals surface area (Å²) in [5.41, 5.74) is 0.647. The Balaban J connectivity index is 1.84. The number of piperidine rings is 1. The predicted octanol–water partition coefficient (Wildman–Crippen LogP) is 2.38. The van der Waals surface area contributed by atoms with Crippen molar-refractivity contribution in [3.63, 3.8) is 0 Å². The van der Waals surface area contributed by atoms with Crippen molar-refractivity contribution in [2.24, 2.45) is 5.92 Å². The molecule has 0 radical (unpaired) electrons. The molecular formula is C17H27N3O3S2. The van der Waals surface area contributed by atoms with Crippen molar-refractivity contribution < 1.29 is 13.2 Å². The summed E-state index contributed by atoms with van der Waals surface area (Å²) in [7, 11) is -3.17. The van der Waals surface area contributed by atoms with Crippen molar-refractivity contribution in [1.29, 1.82) is 0 Å². The summed E-state index contributed by atoms with van der Waals surface area (Å²) in [4.78, 5) is 18.8. The van der Waals surface area contributed by atoms with Gasteiger partial charge >= 0.3 is 0 Å². The van der Waals surface area contributed by atoms with Gasteiger partial charge in [-0.25, -0.2) is 18.1 Å². The molecule has 140 valence electrons. The minimum Gasteiger partial charge on any atom is -0.339 e. The number of nitrogens with zero attached hydrogens (tertiary/aromatic N) is 2. The number of likely N-dealkylation sites (tertiary alicyclic amines) is 1. The molecule has 2 heterocycles. The number of aromatic nitrogens is 1. The summed E-state index contributed by atoms with van der Waals surface area (Å²) in [6, 6.07) is 3.60. The number of carbonyl (C=O) groups excluding carboxylic acids is 1. The van der Waals surface area contributed by atoms with Gasteiger partial charge in [-0.1, -0.05) is 13.3 Å². The van der Waals surface area contributed by atoms with Gasteiger partial charge in [0.15, 0.2) is 0 Å². The third-order valence-electron chi connectivity index (χ3n) is 4.46. The average Bonchev–Trinajstić information content (AvgIpc) is 2.64. The summed E-state index contributed by atoms with van der Waals surface area (Å²) in [5, 5.41) is 0.748. The number of nitrogens with one attached hydrogen (secondary N) is 1. The lowest BCUT2D eigenvalue weighted by Crippen LogP contribution is -2.42. The van der Waals surface area contributed by atoms with Crippen LogP contribution in [-0.2, 0) is 10.0 Å². The topological polar surface area (TPSA) is 79.4 Å². The van der Waals surface area contributed by atoms with Crippen LogP contribution in [0.25, 0.3) is 0 Å². The second-order valence-electron chi connectivity index (χ2n) is 6.32. The number of hydrogen-bond donors (Lipinski definition) is 1. The molecule has 0 spiro atoms. The molecule has 6 nitrogen and oxygen atoms in total. The summed E-state index contributed by atoms with van der Waals surface area (Å²) in [5.74, 6) is 0.494. The van der Waals surface area contributed by atoms with Crippen LogP contribution in [-0.4, -0.2) is 55.9 Å². The fraction of sp³-hybridized carbons (Fsp3) is 0.647. The van der Waals surface area contributed by atoms with Crippen LogP contribution in [0.1, 0.15) is 43.0 Å². The van der Waals surface area contributed by atoms with E-state index in [4.69, 9.17) is 0 Å². The number of rotatable bonds is 8. The molecule has 1 aromatic heterocycles. The molecule has 0 aromatic carbocycles. The van der Waals surface area contributed by atoms with E-state index in [0.29, 0.717) is 31.6 Å². The molecular weight excluding hydrogens is 358 g/mol. The second-order valence-corrected chi connectivity index (χ2v) is 9.04. The Morgan fingerprint density at radius 3 is 2.76 bits per heavy atom. The predicted molar refractivity (Wildman–Crippen MR) is 101 cm³/mol. The molecule has 8 heteroatoms. The molecule has 1 fully saturated rings. The van der Waals surface area contributed by atoms with Gasteiger partial charge in [-0.15, -0.1) is 11.8 Å². The van der Waals surface area contributed by atoms with Crippen LogP contribution in [0, 0.1) is 5.92 Å².